The summed E-state index contributed by atoms with van der Waals surface area (Å²) in [5.74, 6) is 0. The van der Waals surface area contributed by atoms with E-state index in [4.69, 9.17) is 0 Å². The van der Waals surface area contributed by atoms with Crippen LogP contribution in [-0.2, 0) is 0 Å². The van der Waals surface area contributed by atoms with Gasteiger partial charge in [-0.1, -0.05) is 11.5 Å². The Hall–Kier alpha value is 0.311. The van der Waals surface area contributed by atoms with Crippen LogP contribution in [0.4, 0.5) is 12.9 Å². The van der Waals surface area contributed by atoms with Crippen LogP contribution in [0.1, 0.15) is 10.5 Å². The summed E-state index contributed by atoms with van der Waals surface area (Å²) in [7, 11) is 0. The zero-order valence-electron chi connectivity index (χ0n) is 6.88. The zero-order chi connectivity index (χ0) is 9.19. The van der Waals surface area contributed by atoms with Crippen LogP contribution in [0.25, 0.3) is 0 Å². The Morgan fingerprint density at radius 2 is 1.92 bits per heavy atom. The Bertz CT molecular complexity index is 287. The van der Waals surface area contributed by atoms with Crippen molar-refractivity contribution in [3.8, 4) is 0 Å². The van der Waals surface area contributed by atoms with E-state index in [1.807, 2.05) is 0 Å². The third kappa shape index (κ3) is 3.90. The fourth-order valence-corrected chi connectivity index (χ4v) is 0.680. The van der Waals surface area contributed by atoms with Gasteiger partial charge in [-0.25, -0.2) is 0 Å². The largest absolute Gasteiger partial charge is 1.00 e. The van der Waals surface area contributed by atoms with Crippen molar-refractivity contribution in [3.05, 3.63) is 24.0 Å². The molecule has 1 heterocycles. The predicted octanol–water partition coefficient (Wildman–Crippen LogP) is -2.05. The number of rotatable bonds is 2. The molecule has 0 bridgehead atoms. The van der Waals surface area contributed by atoms with E-state index in [1.165, 1.54) is 0 Å². The monoisotopic (exact) mass is 213 g/mol. The number of halogens is 3. The second-order valence-electron chi connectivity index (χ2n) is 2.21. The minimum atomic E-state index is -5.00. The summed E-state index contributed by atoms with van der Waals surface area (Å²) in [6.45, 7) is -5.00. The minimum absolute atomic E-state index is 0. The van der Waals surface area contributed by atoms with E-state index < -0.39 is 12.4 Å². The first-order valence-electron chi connectivity index (χ1n) is 3.15. The number of hydrogen-bond donors (Lipinski definition) is 0. The average Bonchev–Trinajstić information content (AvgIpc) is 2.03. The number of aromatic nitrogens is 1. The van der Waals surface area contributed by atoms with Crippen molar-refractivity contribution in [2.24, 2.45) is 0 Å². The molecule has 0 spiro atoms. The summed E-state index contributed by atoms with van der Waals surface area (Å²) in [5.41, 5.74) is -0.792. The van der Waals surface area contributed by atoms with E-state index in [0.717, 1.165) is 12.1 Å². The SMILES string of the molecule is O=Cc1ccc([B-](F)(F)F)cn1.[K+]. The number of carbonyl (C=O) groups is 1. The number of carbonyl (C=O) groups excluding carboxylic acids is 1. The van der Waals surface area contributed by atoms with E-state index in [-0.39, 0.29) is 57.1 Å². The maximum atomic E-state index is 12.0. The Morgan fingerprint density at radius 3 is 2.23 bits per heavy atom. The van der Waals surface area contributed by atoms with Gasteiger partial charge in [0.25, 0.3) is 0 Å². The third-order valence-corrected chi connectivity index (χ3v) is 1.31. The summed E-state index contributed by atoms with van der Waals surface area (Å²) >= 11 is 0. The molecule has 1 aromatic rings. The van der Waals surface area contributed by atoms with Gasteiger partial charge in [0.1, 0.15) is 5.69 Å². The Morgan fingerprint density at radius 1 is 1.31 bits per heavy atom. The second-order valence-corrected chi connectivity index (χ2v) is 2.21. The van der Waals surface area contributed by atoms with Gasteiger partial charge in [-0.15, -0.1) is 0 Å². The van der Waals surface area contributed by atoms with Gasteiger partial charge in [-0.2, -0.15) is 0 Å². The predicted molar refractivity (Wildman–Crippen MR) is 38.3 cm³/mol. The molecule has 0 aromatic carbocycles. The molecular weight excluding hydrogens is 209 g/mol. The molecule has 0 atom stereocenters. The van der Waals surface area contributed by atoms with Crippen molar-refractivity contribution in [2.45, 2.75) is 0 Å². The van der Waals surface area contributed by atoms with Crippen molar-refractivity contribution in [1.29, 1.82) is 0 Å². The first-order chi connectivity index (χ1) is 5.54. The van der Waals surface area contributed by atoms with Crippen LogP contribution < -0.4 is 56.8 Å². The fourth-order valence-electron chi connectivity index (χ4n) is 0.680. The smallest absolute Gasteiger partial charge is 0.445 e. The Kier molecular flexibility index (Phi) is 5.38. The maximum absolute atomic E-state index is 12.0. The van der Waals surface area contributed by atoms with Gasteiger partial charge < -0.3 is 12.9 Å². The molecule has 0 saturated heterocycles. The molecular formula is C6H4BF3KNO. The van der Waals surface area contributed by atoms with Crippen LogP contribution in [0.5, 0.6) is 0 Å². The average molecular weight is 213 g/mol. The van der Waals surface area contributed by atoms with Crippen molar-refractivity contribution < 1.29 is 69.1 Å². The van der Waals surface area contributed by atoms with Crippen LogP contribution in [0, 0.1) is 0 Å². The number of hydrogen-bond acceptors (Lipinski definition) is 2. The van der Waals surface area contributed by atoms with Gasteiger partial charge in [0, 0.05) is 6.20 Å². The van der Waals surface area contributed by atoms with Crippen LogP contribution >= 0.6 is 0 Å². The maximum Gasteiger partial charge on any atom is 1.00 e. The van der Waals surface area contributed by atoms with Gasteiger partial charge in [0.2, 0.25) is 0 Å². The molecule has 0 aliphatic carbocycles. The molecule has 0 unspecified atom stereocenters. The molecule has 0 amide bonds. The molecule has 2 nitrogen and oxygen atoms in total. The molecule has 0 saturated carbocycles. The van der Waals surface area contributed by atoms with Crippen LogP contribution in [0.15, 0.2) is 18.3 Å². The second kappa shape index (κ2) is 5.26. The molecule has 0 N–H and O–H groups in total. The van der Waals surface area contributed by atoms with E-state index in [9.17, 15) is 17.7 Å². The van der Waals surface area contributed by atoms with Gasteiger partial charge in [0.05, 0.1) is 0 Å². The van der Waals surface area contributed by atoms with Crippen LogP contribution in [0.2, 0.25) is 0 Å². The summed E-state index contributed by atoms with van der Waals surface area (Å²) < 4.78 is 35.9. The Balaban J connectivity index is 0.00000144. The minimum Gasteiger partial charge on any atom is -0.445 e. The van der Waals surface area contributed by atoms with Crippen molar-refractivity contribution in [3.63, 3.8) is 0 Å². The number of aldehydes is 1. The van der Waals surface area contributed by atoms with Crippen LogP contribution in [0.3, 0.4) is 0 Å². The van der Waals surface area contributed by atoms with Crippen molar-refractivity contribution >= 4 is 18.7 Å². The number of pyridine rings is 1. The van der Waals surface area contributed by atoms with E-state index in [1.54, 1.807) is 0 Å². The normalized spacial score (nSPS) is 10.4. The van der Waals surface area contributed by atoms with E-state index in [0.29, 0.717) is 12.5 Å². The van der Waals surface area contributed by atoms with Gasteiger partial charge in [-0.3, -0.25) is 9.78 Å². The van der Waals surface area contributed by atoms with Gasteiger partial charge >= 0.3 is 58.4 Å². The Labute approximate surface area is 115 Å². The molecule has 0 aliphatic heterocycles. The van der Waals surface area contributed by atoms with Crippen molar-refractivity contribution in [1.82, 2.24) is 4.98 Å². The summed E-state index contributed by atoms with van der Waals surface area (Å²) in [5, 5.41) is 0. The molecule has 1 aromatic heterocycles. The quantitative estimate of drug-likeness (QED) is 0.418. The fraction of sp³-hybridized carbons (Fsp3) is 0. The molecule has 64 valence electrons. The van der Waals surface area contributed by atoms with Crippen molar-refractivity contribution in [2.75, 3.05) is 0 Å². The first kappa shape index (κ1) is 13.3. The van der Waals surface area contributed by atoms with Crippen LogP contribution in [-0.4, -0.2) is 18.2 Å². The summed E-state index contributed by atoms with van der Waals surface area (Å²) in [4.78, 5) is 13.3. The zero-order valence-corrected chi connectivity index (χ0v) is 10.00. The molecule has 0 aliphatic rings. The van der Waals surface area contributed by atoms with Gasteiger partial charge in [0.15, 0.2) is 6.29 Å². The van der Waals surface area contributed by atoms with E-state index in [2.05, 4.69) is 4.98 Å². The molecule has 13 heavy (non-hydrogen) atoms. The molecule has 0 radical (unpaired) electrons. The molecule has 7 heteroatoms. The third-order valence-electron chi connectivity index (χ3n) is 1.31. The topological polar surface area (TPSA) is 30.0 Å². The first-order valence-corrected chi connectivity index (χ1v) is 3.15. The van der Waals surface area contributed by atoms with Gasteiger partial charge in [-0.05, 0) is 6.07 Å². The molecule has 1 rings (SSSR count). The summed E-state index contributed by atoms with van der Waals surface area (Å²) in [6, 6.07) is 1.88. The molecule has 0 fully saturated rings. The van der Waals surface area contributed by atoms with E-state index >= 15 is 0 Å². The summed E-state index contributed by atoms with van der Waals surface area (Å²) in [6.07, 6.45) is 1.05. The number of nitrogens with zero attached hydrogens (tertiary/aromatic N) is 1. The standard InChI is InChI=1S/C6H4BF3NO.K/c8-7(9,10)5-1-2-6(4-12)11-3-5;/h1-4H;/q-1;+1.